The van der Waals surface area contributed by atoms with Gasteiger partial charge in [-0.05, 0) is 63.9 Å². The van der Waals surface area contributed by atoms with E-state index < -0.39 is 0 Å². The zero-order valence-corrected chi connectivity index (χ0v) is 24.3. The molecule has 0 spiro atoms. The van der Waals surface area contributed by atoms with Crippen LogP contribution in [0, 0.1) is 0 Å². The van der Waals surface area contributed by atoms with Crippen LogP contribution in [0.4, 0.5) is 0 Å². The number of thioether (sulfide) groups is 1. The third-order valence-electron chi connectivity index (χ3n) is 8.66. The summed E-state index contributed by atoms with van der Waals surface area (Å²) < 4.78 is 17.1. The molecule has 1 heterocycles. The Labute approximate surface area is 245 Å². The molecule has 7 rings (SSSR count). The third-order valence-corrected chi connectivity index (χ3v) is 10.5. The first kappa shape index (κ1) is 25.8. The van der Waals surface area contributed by atoms with E-state index in [2.05, 4.69) is 121 Å². The largest absolute Gasteiger partial charge is 0.496 e. The quantitative estimate of drug-likeness (QED) is 0.204. The fraction of sp³-hybridized carbons (Fsp3) is 0.189. The molecule has 1 aliphatic rings. The van der Waals surface area contributed by atoms with Crippen LogP contribution in [-0.4, -0.2) is 21.3 Å². The SMILES string of the molecule is COc1ccc(C2CCC(c3ccc(OC)c4ccccc34)(c3ccc(OC)c4ccccc34)S2)c2ccccc12. The zero-order valence-electron chi connectivity index (χ0n) is 23.5. The van der Waals surface area contributed by atoms with Crippen molar-refractivity contribution >= 4 is 44.1 Å². The second-order valence-electron chi connectivity index (χ2n) is 10.6. The average molecular weight is 557 g/mol. The lowest BCUT2D eigenvalue weighted by atomic mass is 9.81. The minimum atomic E-state index is -0.274. The molecule has 0 bridgehead atoms. The van der Waals surface area contributed by atoms with Crippen LogP contribution in [0.2, 0.25) is 0 Å². The van der Waals surface area contributed by atoms with E-state index in [4.69, 9.17) is 14.2 Å². The minimum absolute atomic E-state index is 0.274. The lowest BCUT2D eigenvalue weighted by Crippen LogP contribution is -2.21. The van der Waals surface area contributed by atoms with Gasteiger partial charge in [-0.15, -0.1) is 11.8 Å². The Morgan fingerprint density at radius 3 is 1.41 bits per heavy atom. The molecule has 0 saturated carbocycles. The van der Waals surface area contributed by atoms with E-state index in [1.54, 1.807) is 21.3 Å². The lowest BCUT2D eigenvalue weighted by molar-refractivity contribution is 0.419. The highest BCUT2D eigenvalue weighted by Gasteiger charge is 2.45. The van der Waals surface area contributed by atoms with E-state index in [-0.39, 0.29) is 4.75 Å². The van der Waals surface area contributed by atoms with Crippen LogP contribution < -0.4 is 14.2 Å². The molecule has 1 atom stereocenters. The Morgan fingerprint density at radius 2 is 0.927 bits per heavy atom. The molecule has 3 nitrogen and oxygen atoms in total. The molecule has 4 heteroatoms. The van der Waals surface area contributed by atoms with Gasteiger partial charge in [0.1, 0.15) is 17.2 Å². The molecule has 1 saturated heterocycles. The summed E-state index contributed by atoms with van der Waals surface area (Å²) in [6.45, 7) is 0. The van der Waals surface area contributed by atoms with Gasteiger partial charge in [0.15, 0.2) is 0 Å². The molecule has 41 heavy (non-hydrogen) atoms. The number of rotatable bonds is 6. The normalized spacial score (nSPS) is 16.3. The number of hydrogen-bond acceptors (Lipinski definition) is 4. The summed E-state index contributed by atoms with van der Waals surface area (Å²) in [5.41, 5.74) is 4.02. The van der Waals surface area contributed by atoms with E-state index in [1.165, 1.54) is 32.8 Å². The number of hydrogen-bond donors (Lipinski definition) is 0. The van der Waals surface area contributed by atoms with Gasteiger partial charge in [-0.2, -0.15) is 0 Å². The molecule has 6 aromatic carbocycles. The molecule has 6 aromatic rings. The van der Waals surface area contributed by atoms with Crippen molar-refractivity contribution < 1.29 is 14.2 Å². The van der Waals surface area contributed by atoms with E-state index >= 15 is 0 Å². The van der Waals surface area contributed by atoms with Crippen molar-refractivity contribution in [2.24, 2.45) is 0 Å². The summed E-state index contributed by atoms with van der Waals surface area (Å²) >= 11 is 2.08. The highest BCUT2D eigenvalue weighted by molar-refractivity contribution is 8.01. The first-order valence-corrected chi connectivity index (χ1v) is 14.9. The van der Waals surface area contributed by atoms with Crippen molar-refractivity contribution in [1.82, 2.24) is 0 Å². The summed E-state index contributed by atoms with van der Waals surface area (Å²) in [6.07, 6.45) is 2.07. The van der Waals surface area contributed by atoms with Crippen molar-refractivity contribution in [2.75, 3.05) is 21.3 Å². The molecule has 0 amide bonds. The number of benzene rings is 6. The van der Waals surface area contributed by atoms with Crippen molar-refractivity contribution in [3.63, 3.8) is 0 Å². The van der Waals surface area contributed by atoms with E-state index in [1.807, 2.05) is 0 Å². The van der Waals surface area contributed by atoms with Crippen molar-refractivity contribution in [3.05, 3.63) is 126 Å². The molecule has 0 N–H and O–H groups in total. The summed E-state index contributed by atoms with van der Waals surface area (Å²) in [5, 5.41) is 7.49. The Kier molecular flexibility index (Phi) is 6.51. The second-order valence-corrected chi connectivity index (χ2v) is 12.1. The van der Waals surface area contributed by atoms with E-state index in [9.17, 15) is 0 Å². The van der Waals surface area contributed by atoms with Crippen LogP contribution in [0.5, 0.6) is 17.2 Å². The van der Waals surface area contributed by atoms with Crippen molar-refractivity contribution in [1.29, 1.82) is 0 Å². The molecular weight excluding hydrogens is 524 g/mol. The van der Waals surface area contributed by atoms with Crippen LogP contribution in [0.1, 0.15) is 34.8 Å². The maximum Gasteiger partial charge on any atom is 0.126 e. The number of fused-ring (bicyclic) bond motifs is 3. The highest BCUT2D eigenvalue weighted by atomic mass is 32.2. The fourth-order valence-corrected chi connectivity index (χ4v) is 8.71. The smallest absolute Gasteiger partial charge is 0.126 e. The molecule has 204 valence electrons. The van der Waals surface area contributed by atoms with Crippen LogP contribution in [0.15, 0.2) is 109 Å². The summed E-state index contributed by atoms with van der Waals surface area (Å²) in [5.74, 6) is 2.72. The van der Waals surface area contributed by atoms with Gasteiger partial charge in [-0.3, -0.25) is 0 Å². The standard InChI is InChI=1S/C37H32O3S/c1-38-33-19-16-30(24-10-4-7-13-27(24)33)36-22-23-37(41-36,31-17-20-34(39-2)28-14-8-5-11-25(28)31)32-18-21-35(40-3)29-15-9-6-12-26(29)32/h4-21,36H,22-23H2,1-3H3. The van der Waals surface area contributed by atoms with Gasteiger partial charge in [-0.1, -0.05) is 91.0 Å². The van der Waals surface area contributed by atoms with Crippen molar-refractivity contribution in [2.45, 2.75) is 22.8 Å². The Morgan fingerprint density at radius 1 is 0.512 bits per heavy atom. The second kappa shape index (κ2) is 10.4. The average Bonchev–Trinajstić information content (AvgIpc) is 3.49. The molecule has 1 fully saturated rings. The Hall–Kier alpha value is -4.15. The third kappa shape index (κ3) is 4.04. The monoisotopic (exact) mass is 556 g/mol. The van der Waals surface area contributed by atoms with Gasteiger partial charge < -0.3 is 14.2 Å². The maximum absolute atomic E-state index is 5.81. The summed E-state index contributed by atoms with van der Waals surface area (Å²) in [4.78, 5) is 0. The maximum atomic E-state index is 5.81. The van der Waals surface area contributed by atoms with Gasteiger partial charge in [-0.25, -0.2) is 0 Å². The van der Waals surface area contributed by atoms with Gasteiger partial charge in [0.05, 0.1) is 26.1 Å². The van der Waals surface area contributed by atoms with Gasteiger partial charge in [0.25, 0.3) is 0 Å². The molecule has 0 aromatic heterocycles. The predicted octanol–water partition coefficient (Wildman–Crippen LogP) is 9.68. The Bertz CT molecular complexity index is 1820. The van der Waals surface area contributed by atoms with Crippen LogP contribution in [-0.2, 0) is 4.75 Å². The molecule has 1 aliphatic heterocycles. The van der Waals surface area contributed by atoms with E-state index in [0.29, 0.717) is 5.25 Å². The van der Waals surface area contributed by atoms with Gasteiger partial charge in [0, 0.05) is 21.4 Å². The predicted molar refractivity (Wildman–Crippen MR) is 172 cm³/mol. The van der Waals surface area contributed by atoms with Crippen LogP contribution in [0.25, 0.3) is 32.3 Å². The van der Waals surface area contributed by atoms with E-state index in [0.717, 1.165) is 46.2 Å². The molecule has 0 aliphatic carbocycles. The fourth-order valence-electron chi connectivity index (χ4n) is 6.81. The first-order chi connectivity index (χ1) is 20.2. The molecule has 0 radical (unpaired) electrons. The van der Waals surface area contributed by atoms with Crippen molar-refractivity contribution in [3.8, 4) is 17.2 Å². The topological polar surface area (TPSA) is 27.7 Å². The molecular formula is C37H32O3S. The van der Waals surface area contributed by atoms with Crippen LogP contribution >= 0.6 is 11.8 Å². The summed E-state index contributed by atoms with van der Waals surface area (Å²) in [6, 6.07) is 39.2. The Balaban J connectivity index is 1.49. The van der Waals surface area contributed by atoms with Crippen LogP contribution in [0.3, 0.4) is 0 Å². The number of methoxy groups -OCH3 is 3. The highest BCUT2D eigenvalue weighted by Crippen LogP contribution is 2.63. The number of ether oxygens (including phenoxy) is 3. The lowest BCUT2D eigenvalue weighted by Gasteiger charge is -2.33. The minimum Gasteiger partial charge on any atom is -0.496 e. The summed E-state index contributed by atoms with van der Waals surface area (Å²) in [7, 11) is 5.26. The van der Waals surface area contributed by atoms with Gasteiger partial charge in [0.2, 0.25) is 0 Å². The molecule has 1 unspecified atom stereocenters. The van der Waals surface area contributed by atoms with Gasteiger partial charge >= 0.3 is 0 Å². The zero-order chi connectivity index (χ0) is 28.0. The first-order valence-electron chi connectivity index (χ1n) is 14.0.